The first kappa shape index (κ1) is 16.2. The van der Waals surface area contributed by atoms with Crippen molar-refractivity contribution in [3.8, 4) is 5.75 Å². The maximum Gasteiger partial charge on any atom is 0.137 e. The van der Waals surface area contributed by atoms with Crippen molar-refractivity contribution in [1.82, 2.24) is 5.32 Å². The summed E-state index contributed by atoms with van der Waals surface area (Å²) >= 11 is 12.0. The SMILES string of the molecule is COc1ccc(CNC(C)Cc2ccc(Cl)cc2)cc1Cl. The van der Waals surface area contributed by atoms with E-state index in [4.69, 9.17) is 27.9 Å². The van der Waals surface area contributed by atoms with Crippen LogP contribution in [0.2, 0.25) is 10.0 Å². The van der Waals surface area contributed by atoms with E-state index in [0.717, 1.165) is 23.6 Å². The Kier molecular flexibility index (Phi) is 5.92. The quantitative estimate of drug-likeness (QED) is 0.830. The van der Waals surface area contributed by atoms with Gasteiger partial charge in [-0.25, -0.2) is 0 Å². The highest BCUT2D eigenvalue weighted by Gasteiger charge is 2.05. The molecule has 2 aromatic carbocycles. The molecule has 1 unspecified atom stereocenters. The molecule has 0 saturated carbocycles. The Bertz CT molecular complexity index is 584. The summed E-state index contributed by atoms with van der Waals surface area (Å²) in [5, 5.41) is 4.91. The molecule has 2 nitrogen and oxygen atoms in total. The van der Waals surface area contributed by atoms with Gasteiger partial charge in [0.1, 0.15) is 5.75 Å². The summed E-state index contributed by atoms with van der Waals surface area (Å²) < 4.78 is 5.15. The van der Waals surface area contributed by atoms with Crippen LogP contribution in [0.4, 0.5) is 0 Å². The third kappa shape index (κ3) is 4.92. The minimum Gasteiger partial charge on any atom is -0.495 e. The summed E-state index contributed by atoms with van der Waals surface area (Å²) in [5.41, 5.74) is 2.41. The summed E-state index contributed by atoms with van der Waals surface area (Å²) in [4.78, 5) is 0. The van der Waals surface area contributed by atoms with Gasteiger partial charge in [0.25, 0.3) is 0 Å². The zero-order valence-corrected chi connectivity index (χ0v) is 13.7. The highest BCUT2D eigenvalue weighted by atomic mass is 35.5. The highest BCUT2D eigenvalue weighted by molar-refractivity contribution is 6.32. The third-order valence-electron chi connectivity index (χ3n) is 3.33. The first-order valence-corrected chi connectivity index (χ1v) is 7.64. The van der Waals surface area contributed by atoms with Crippen LogP contribution < -0.4 is 10.1 Å². The van der Waals surface area contributed by atoms with Gasteiger partial charge in [-0.05, 0) is 48.7 Å². The molecule has 2 rings (SSSR count). The van der Waals surface area contributed by atoms with E-state index < -0.39 is 0 Å². The molecule has 0 heterocycles. The summed E-state index contributed by atoms with van der Waals surface area (Å²) in [7, 11) is 1.62. The van der Waals surface area contributed by atoms with Crippen LogP contribution in [0.5, 0.6) is 5.75 Å². The number of methoxy groups -OCH3 is 1. The lowest BCUT2D eigenvalue weighted by atomic mass is 10.1. The number of nitrogens with one attached hydrogen (secondary N) is 1. The monoisotopic (exact) mass is 323 g/mol. The molecule has 0 bridgehead atoms. The van der Waals surface area contributed by atoms with Crippen molar-refractivity contribution in [2.24, 2.45) is 0 Å². The van der Waals surface area contributed by atoms with E-state index in [1.165, 1.54) is 5.56 Å². The number of ether oxygens (including phenoxy) is 1. The lowest BCUT2D eigenvalue weighted by Crippen LogP contribution is -2.27. The molecule has 0 saturated heterocycles. The van der Waals surface area contributed by atoms with Crippen molar-refractivity contribution >= 4 is 23.2 Å². The lowest BCUT2D eigenvalue weighted by Gasteiger charge is -2.14. The average molecular weight is 324 g/mol. The molecule has 0 radical (unpaired) electrons. The Morgan fingerprint density at radius 2 is 1.71 bits per heavy atom. The van der Waals surface area contributed by atoms with E-state index >= 15 is 0 Å². The second kappa shape index (κ2) is 7.69. The summed E-state index contributed by atoms with van der Waals surface area (Å²) in [6, 6.07) is 14.2. The normalized spacial score (nSPS) is 12.2. The number of benzene rings is 2. The van der Waals surface area contributed by atoms with E-state index in [-0.39, 0.29) is 0 Å². The van der Waals surface area contributed by atoms with Crippen LogP contribution in [-0.4, -0.2) is 13.2 Å². The predicted octanol–water partition coefficient (Wildman–Crippen LogP) is 4.72. The van der Waals surface area contributed by atoms with Gasteiger partial charge in [-0.15, -0.1) is 0 Å². The zero-order chi connectivity index (χ0) is 15.2. The minimum absolute atomic E-state index is 0.368. The molecule has 0 aliphatic carbocycles. The van der Waals surface area contributed by atoms with Gasteiger partial charge in [0.05, 0.1) is 12.1 Å². The fraction of sp³-hybridized carbons (Fsp3) is 0.294. The van der Waals surface area contributed by atoms with Crippen LogP contribution in [-0.2, 0) is 13.0 Å². The van der Waals surface area contributed by atoms with Crippen LogP contribution in [0.1, 0.15) is 18.1 Å². The summed E-state index contributed by atoms with van der Waals surface area (Å²) in [6.07, 6.45) is 0.959. The first-order valence-electron chi connectivity index (χ1n) is 6.88. The van der Waals surface area contributed by atoms with E-state index in [9.17, 15) is 0 Å². The lowest BCUT2D eigenvalue weighted by molar-refractivity contribution is 0.414. The maximum atomic E-state index is 6.12. The van der Waals surface area contributed by atoms with E-state index in [1.54, 1.807) is 7.11 Å². The van der Waals surface area contributed by atoms with E-state index in [2.05, 4.69) is 24.4 Å². The molecule has 112 valence electrons. The van der Waals surface area contributed by atoms with Crippen molar-refractivity contribution in [2.45, 2.75) is 25.9 Å². The topological polar surface area (TPSA) is 21.3 Å². The maximum absolute atomic E-state index is 6.12. The number of hydrogen-bond donors (Lipinski definition) is 1. The fourth-order valence-electron chi connectivity index (χ4n) is 2.16. The van der Waals surface area contributed by atoms with Gasteiger partial charge in [0.15, 0.2) is 0 Å². The molecule has 0 aliphatic rings. The van der Waals surface area contributed by atoms with Gasteiger partial charge in [-0.2, -0.15) is 0 Å². The molecule has 0 spiro atoms. The zero-order valence-electron chi connectivity index (χ0n) is 12.2. The Labute approximate surface area is 136 Å². The standard InChI is InChI=1S/C17H19Cl2NO/c1-12(9-13-3-6-15(18)7-4-13)20-11-14-5-8-17(21-2)16(19)10-14/h3-8,10,12,20H,9,11H2,1-2H3. The highest BCUT2D eigenvalue weighted by Crippen LogP contribution is 2.24. The Balaban J connectivity index is 1.87. The van der Waals surface area contributed by atoms with Gasteiger partial charge in [-0.1, -0.05) is 41.4 Å². The molecule has 0 aliphatic heterocycles. The third-order valence-corrected chi connectivity index (χ3v) is 3.87. The van der Waals surface area contributed by atoms with Gasteiger partial charge in [-0.3, -0.25) is 0 Å². The minimum atomic E-state index is 0.368. The first-order chi connectivity index (χ1) is 10.1. The number of hydrogen-bond acceptors (Lipinski definition) is 2. The van der Waals surface area contributed by atoms with Crippen molar-refractivity contribution < 1.29 is 4.74 Å². The average Bonchev–Trinajstić information content (AvgIpc) is 2.48. The number of halogens is 2. The van der Waals surface area contributed by atoms with Crippen molar-refractivity contribution in [3.63, 3.8) is 0 Å². The van der Waals surface area contributed by atoms with Crippen LogP contribution in [0.3, 0.4) is 0 Å². The number of rotatable bonds is 6. The van der Waals surface area contributed by atoms with Crippen LogP contribution in [0.15, 0.2) is 42.5 Å². The van der Waals surface area contributed by atoms with Gasteiger partial charge in [0.2, 0.25) is 0 Å². The molecule has 0 amide bonds. The van der Waals surface area contributed by atoms with Gasteiger partial charge >= 0.3 is 0 Å². The Morgan fingerprint density at radius 3 is 2.33 bits per heavy atom. The molecule has 1 atom stereocenters. The molecule has 21 heavy (non-hydrogen) atoms. The van der Waals surface area contributed by atoms with Crippen molar-refractivity contribution in [3.05, 3.63) is 63.6 Å². The molecule has 2 aromatic rings. The molecular weight excluding hydrogens is 305 g/mol. The largest absolute Gasteiger partial charge is 0.495 e. The summed E-state index contributed by atoms with van der Waals surface area (Å²) in [6.45, 7) is 2.94. The van der Waals surface area contributed by atoms with Crippen LogP contribution >= 0.6 is 23.2 Å². The molecule has 4 heteroatoms. The van der Waals surface area contributed by atoms with Crippen LogP contribution in [0.25, 0.3) is 0 Å². The van der Waals surface area contributed by atoms with Crippen molar-refractivity contribution in [2.75, 3.05) is 7.11 Å². The predicted molar refractivity (Wildman–Crippen MR) is 89.5 cm³/mol. The Hall–Kier alpha value is -1.22. The second-order valence-electron chi connectivity index (χ2n) is 5.08. The van der Waals surface area contributed by atoms with Gasteiger partial charge < -0.3 is 10.1 Å². The summed E-state index contributed by atoms with van der Waals surface area (Å²) in [5.74, 6) is 0.703. The van der Waals surface area contributed by atoms with E-state index in [0.29, 0.717) is 16.8 Å². The molecule has 1 N–H and O–H groups in total. The van der Waals surface area contributed by atoms with E-state index in [1.807, 2.05) is 30.3 Å². The van der Waals surface area contributed by atoms with Crippen LogP contribution in [0, 0.1) is 0 Å². The molecule has 0 fully saturated rings. The molecular formula is C17H19Cl2NO. The second-order valence-corrected chi connectivity index (χ2v) is 5.93. The van der Waals surface area contributed by atoms with Crippen molar-refractivity contribution in [1.29, 1.82) is 0 Å². The fourth-order valence-corrected chi connectivity index (χ4v) is 2.56. The van der Waals surface area contributed by atoms with Gasteiger partial charge in [0, 0.05) is 17.6 Å². The molecule has 0 aromatic heterocycles. The smallest absolute Gasteiger partial charge is 0.137 e. The Morgan fingerprint density at radius 1 is 1.05 bits per heavy atom.